The average Bonchev–Trinajstić information content (AvgIpc) is 2.78. The fourth-order valence-corrected chi connectivity index (χ4v) is 4.93. The van der Waals surface area contributed by atoms with Crippen LogP contribution >= 0.6 is 15.9 Å². The highest BCUT2D eigenvalue weighted by Crippen LogP contribution is 2.44. The molecule has 1 fully saturated rings. The Kier molecular flexibility index (Phi) is 5.87. The van der Waals surface area contributed by atoms with Crippen molar-refractivity contribution in [1.82, 2.24) is 9.13 Å². The van der Waals surface area contributed by atoms with Crippen molar-refractivity contribution in [3.05, 3.63) is 32.7 Å². The van der Waals surface area contributed by atoms with Gasteiger partial charge in [0.1, 0.15) is 6.73 Å². The predicted molar refractivity (Wildman–Crippen MR) is 112 cm³/mol. The summed E-state index contributed by atoms with van der Waals surface area (Å²) in [5, 5.41) is 10.1. The second-order valence-corrected chi connectivity index (χ2v) is 15.8. The van der Waals surface area contributed by atoms with Crippen LogP contribution in [0.5, 0.6) is 0 Å². The van der Waals surface area contributed by atoms with E-state index in [0.29, 0.717) is 6.61 Å². The fourth-order valence-electron chi connectivity index (χ4n) is 3.72. The Bertz CT molecular complexity index is 968. The number of imidazole rings is 1. The largest absolute Gasteiger partial charge is 0.418 e. The third kappa shape index (κ3) is 4.81. The van der Waals surface area contributed by atoms with Crippen molar-refractivity contribution in [2.45, 2.75) is 70.0 Å². The third-order valence-electron chi connectivity index (χ3n) is 5.26. The molecule has 1 aromatic heterocycles. The maximum atomic E-state index is 13.8. The normalized spacial score (nSPS) is 22.9. The van der Waals surface area contributed by atoms with Crippen molar-refractivity contribution in [3.8, 4) is 0 Å². The van der Waals surface area contributed by atoms with E-state index in [1.165, 1.54) is 15.2 Å². The van der Waals surface area contributed by atoms with Gasteiger partial charge in [-0.3, -0.25) is 9.13 Å². The first kappa shape index (κ1) is 22.6. The second kappa shape index (κ2) is 7.54. The Morgan fingerprint density at radius 1 is 1.31 bits per heavy atom. The van der Waals surface area contributed by atoms with Gasteiger partial charge in [-0.1, -0.05) is 35.6 Å². The molecule has 0 spiro atoms. The molecule has 0 saturated heterocycles. The van der Waals surface area contributed by atoms with E-state index in [-0.39, 0.29) is 35.1 Å². The van der Waals surface area contributed by atoms with Crippen LogP contribution in [-0.4, -0.2) is 34.5 Å². The first-order valence-corrected chi connectivity index (χ1v) is 14.0. The Balaban J connectivity index is 2.08. The summed E-state index contributed by atoms with van der Waals surface area (Å²) < 4.78 is 49.7. The summed E-state index contributed by atoms with van der Waals surface area (Å²) in [5.74, 6) is 0. The Morgan fingerprint density at radius 3 is 2.45 bits per heavy atom. The predicted octanol–water partition coefficient (Wildman–Crippen LogP) is 4.98. The van der Waals surface area contributed by atoms with E-state index in [9.17, 15) is 23.1 Å². The smallest absolute Gasteiger partial charge is 0.390 e. The maximum Gasteiger partial charge on any atom is 0.418 e. The van der Waals surface area contributed by atoms with E-state index in [2.05, 4.69) is 35.6 Å². The number of nitrogens with zero attached hydrogens (tertiary/aromatic N) is 2. The van der Waals surface area contributed by atoms with E-state index in [4.69, 9.17) is 4.74 Å². The van der Waals surface area contributed by atoms with Gasteiger partial charge in [0.25, 0.3) is 0 Å². The Hall–Kier alpha value is -1.10. The topological polar surface area (TPSA) is 56.4 Å². The van der Waals surface area contributed by atoms with Gasteiger partial charge in [-0.05, 0) is 37.9 Å². The zero-order valence-corrected chi connectivity index (χ0v) is 19.5. The molecule has 10 heteroatoms. The number of rotatable bonds is 6. The standard InChI is InChI=1S/C19H26BrF3N2O3Si/c1-18(27)9-13(10-18)25-16-14(19(21,22)23)7-12(20)8-15(16)24(17(25)26)11-28-5-6-29(2,3)4/h7-8,13,27H,5-6,9-11H2,1-4H3. The van der Waals surface area contributed by atoms with Gasteiger partial charge in [0.05, 0.1) is 22.2 Å². The molecular weight excluding hydrogens is 469 g/mol. The lowest BCUT2D eigenvalue weighted by Gasteiger charge is -2.41. The van der Waals surface area contributed by atoms with Crippen LogP contribution < -0.4 is 5.69 Å². The fraction of sp³-hybridized carbons (Fsp3) is 0.632. The molecule has 0 bridgehead atoms. The van der Waals surface area contributed by atoms with Crippen LogP contribution in [0.25, 0.3) is 11.0 Å². The maximum absolute atomic E-state index is 13.8. The number of alkyl halides is 3. The minimum Gasteiger partial charge on any atom is -0.390 e. The van der Waals surface area contributed by atoms with Crippen molar-refractivity contribution in [2.24, 2.45) is 0 Å². The van der Waals surface area contributed by atoms with Crippen LogP contribution in [0.3, 0.4) is 0 Å². The van der Waals surface area contributed by atoms with Crippen molar-refractivity contribution >= 4 is 35.0 Å². The van der Waals surface area contributed by atoms with Gasteiger partial charge in [-0.25, -0.2) is 4.79 Å². The molecule has 1 aliphatic rings. The Labute approximate surface area is 176 Å². The van der Waals surface area contributed by atoms with E-state index in [0.717, 1.165) is 12.1 Å². The van der Waals surface area contributed by atoms with E-state index in [1.54, 1.807) is 6.92 Å². The zero-order chi connectivity index (χ0) is 21.8. The van der Waals surface area contributed by atoms with E-state index in [1.807, 2.05) is 0 Å². The van der Waals surface area contributed by atoms with Crippen LogP contribution in [0.1, 0.15) is 31.4 Å². The van der Waals surface area contributed by atoms with Crippen LogP contribution in [0.2, 0.25) is 25.7 Å². The SMILES string of the molecule is CC1(O)CC(n2c(=O)n(COCC[Si](C)(C)C)c3cc(Br)cc(C(F)(F)F)c32)C1. The molecule has 1 aliphatic carbocycles. The minimum absolute atomic E-state index is 0.107. The second-order valence-electron chi connectivity index (χ2n) is 9.31. The number of fused-ring (bicyclic) bond motifs is 1. The number of halogens is 4. The highest BCUT2D eigenvalue weighted by molar-refractivity contribution is 9.10. The van der Waals surface area contributed by atoms with Crippen molar-refractivity contribution < 1.29 is 23.0 Å². The number of hydrogen-bond acceptors (Lipinski definition) is 3. The number of benzene rings is 1. The van der Waals surface area contributed by atoms with Crippen LogP contribution in [0, 0.1) is 0 Å². The number of aliphatic hydroxyl groups is 1. The summed E-state index contributed by atoms with van der Waals surface area (Å²) >= 11 is 3.14. The molecule has 1 heterocycles. The monoisotopic (exact) mass is 494 g/mol. The van der Waals surface area contributed by atoms with Gasteiger partial charge in [-0.2, -0.15) is 13.2 Å². The van der Waals surface area contributed by atoms with Gasteiger partial charge in [0.2, 0.25) is 0 Å². The molecule has 0 amide bonds. The summed E-state index contributed by atoms with van der Waals surface area (Å²) in [7, 11) is -1.33. The van der Waals surface area contributed by atoms with Gasteiger partial charge in [0.15, 0.2) is 0 Å². The molecule has 162 valence electrons. The van der Waals surface area contributed by atoms with Crippen molar-refractivity contribution in [1.29, 1.82) is 0 Å². The molecule has 29 heavy (non-hydrogen) atoms. The van der Waals surface area contributed by atoms with Gasteiger partial charge in [0, 0.05) is 25.2 Å². The van der Waals surface area contributed by atoms with Gasteiger partial charge >= 0.3 is 11.9 Å². The number of aromatic nitrogens is 2. The molecule has 1 aromatic carbocycles. The molecule has 0 atom stereocenters. The Morgan fingerprint density at radius 2 is 1.93 bits per heavy atom. The molecule has 3 rings (SSSR count). The van der Waals surface area contributed by atoms with Crippen molar-refractivity contribution in [3.63, 3.8) is 0 Å². The third-order valence-corrected chi connectivity index (χ3v) is 7.42. The summed E-state index contributed by atoms with van der Waals surface area (Å²) in [6, 6.07) is 2.92. The molecular formula is C19H26BrF3N2O3Si. The molecule has 0 aliphatic heterocycles. The molecule has 2 aromatic rings. The van der Waals surface area contributed by atoms with Gasteiger partial charge in [-0.15, -0.1) is 0 Å². The molecule has 1 saturated carbocycles. The first-order valence-electron chi connectivity index (χ1n) is 9.51. The average molecular weight is 495 g/mol. The zero-order valence-electron chi connectivity index (χ0n) is 16.9. The number of ether oxygens (including phenoxy) is 1. The summed E-state index contributed by atoms with van der Waals surface area (Å²) in [6.45, 7) is 8.56. The quantitative estimate of drug-likeness (QED) is 0.454. The summed E-state index contributed by atoms with van der Waals surface area (Å²) in [4.78, 5) is 13.1. The molecule has 0 unspecified atom stereocenters. The van der Waals surface area contributed by atoms with Crippen molar-refractivity contribution in [2.75, 3.05) is 6.61 Å². The van der Waals surface area contributed by atoms with Crippen LogP contribution in [0.4, 0.5) is 13.2 Å². The first-order chi connectivity index (χ1) is 13.2. The highest BCUT2D eigenvalue weighted by atomic mass is 79.9. The number of hydrogen-bond donors (Lipinski definition) is 1. The van der Waals surface area contributed by atoms with Crippen LogP contribution in [0.15, 0.2) is 21.4 Å². The minimum atomic E-state index is -4.62. The van der Waals surface area contributed by atoms with Gasteiger partial charge < -0.3 is 9.84 Å². The molecule has 0 radical (unpaired) electrons. The molecule has 5 nitrogen and oxygen atoms in total. The lowest BCUT2D eigenvalue weighted by Crippen LogP contribution is -2.45. The lowest BCUT2D eigenvalue weighted by molar-refractivity contribution is -0.136. The summed E-state index contributed by atoms with van der Waals surface area (Å²) in [5.41, 5.74) is -2.36. The summed E-state index contributed by atoms with van der Waals surface area (Å²) in [6.07, 6.45) is -4.15. The van der Waals surface area contributed by atoms with E-state index < -0.39 is 37.1 Å². The lowest BCUT2D eigenvalue weighted by atomic mass is 9.77. The molecule has 1 N–H and O–H groups in total. The van der Waals surface area contributed by atoms with Crippen LogP contribution in [-0.2, 0) is 17.6 Å². The highest BCUT2D eigenvalue weighted by Gasteiger charge is 2.43. The van der Waals surface area contributed by atoms with E-state index >= 15 is 0 Å².